The van der Waals surface area contributed by atoms with Gasteiger partial charge >= 0.3 is 0 Å². The summed E-state index contributed by atoms with van der Waals surface area (Å²) in [6, 6.07) is 72.3. The number of fused-ring (bicyclic) bond motifs is 13. The van der Waals surface area contributed by atoms with E-state index in [0.717, 1.165) is 5.69 Å². The molecular weight excluding hydrogens is 689 g/mol. The minimum Gasteiger partial charge on any atom is -0.309 e. The third-order valence-corrected chi connectivity index (χ3v) is 13.0. The number of nitrogens with zero attached hydrogens (tertiary/aromatic N) is 2. The van der Waals surface area contributed by atoms with Gasteiger partial charge in [0, 0.05) is 27.2 Å². The molecule has 0 bridgehead atoms. The van der Waals surface area contributed by atoms with Gasteiger partial charge in [-0.1, -0.05) is 133 Å². The van der Waals surface area contributed by atoms with Crippen LogP contribution in [0.2, 0.25) is 0 Å². The van der Waals surface area contributed by atoms with Crippen LogP contribution in [0.15, 0.2) is 194 Å². The average Bonchev–Trinajstić information content (AvgIpc) is 3.93. The third-order valence-electron chi connectivity index (χ3n) is 13.0. The molecule has 9 aromatic carbocycles. The molecule has 2 nitrogen and oxygen atoms in total. The molecule has 0 saturated heterocycles. The molecule has 0 spiro atoms. The minimum atomic E-state index is 0.581. The van der Waals surface area contributed by atoms with Crippen molar-refractivity contribution < 1.29 is 0 Å². The van der Waals surface area contributed by atoms with E-state index in [-0.39, 0.29) is 0 Å². The second-order valence-electron chi connectivity index (χ2n) is 16.1. The molecule has 2 atom stereocenters. The van der Waals surface area contributed by atoms with Crippen LogP contribution in [0.4, 0.5) is 0 Å². The summed E-state index contributed by atoms with van der Waals surface area (Å²) in [6.45, 7) is 0. The molecule has 2 heteroatoms. The lowest BCUT2D eigenvalue weighted by Gasteiger charge is -2.23. The molecule has 266 valence electrons. The van der Waals surface area contributed by atoms with E-state index in [1.54, 1.807) is 0 Å². The summed E-state index contributed by atoms with van der Waals surface area (Å²) in [6.07, 6.45) is 1.23. The molecule has 2 aliphatic carbocycles. The number of rotatable bonds is 4. The number of benzene rings is 9. The van der Waals surface area contributed by atoms with Gasteiger partial charge in [-0.15, -0.1) is 0 Å². The van der Waals surface area contributed by atoms with Crippen molar-refractivity contribution in [3.05, 3.63) is 205 Å². The summed E-state index contributed by atoms with van der Waals surface area (Å²) in [5.41, 5.74) is 18.2. The van der Waals surface area contributed by atoms with E-state index in [1.165, 1.54) is 111 Å². The maximum Gasteiger partial charge on any atom is 0.0541 e. The van der Waals surface area contributed by atoms with Crippen molar-refractivity contribution in [2.24, 2.45) is 0 Å². The first-order valence-electron chi connectivity index (χ1n) is 20.2. The highest BCUT2D eigenvalue weighted by Gasteiger charge is 2.46. The number of hydrogen-bond donors (Lipinski definition) is 0. The van der Waals surface area contributed by atoms with Crippen LogP contribution in [-0.4, -0.2) is 9.13 Å². The molecule has 11 aromatic rings. The SMILES string of the molecule is c1ccc2c(c1)-c1cccc(-n3c4ccccc4c4cc(-c5ccc6c(c5)c5ccccc5n6-c5ccc(-c6ccc7ccccc7c6)cc5)ccc43)c1C1CC21. The zero-order valence-electron chi connectivity index (χ0n) is 31.2. The quantitative estimate of drug-likeness (QED) is 0.171. The second kappa shape index (κ2) is 11.7. The second-order valence-corrected chi connectivity index (χ2v) is 16.1. The van der Waals surface area contributed by atoms with Crippen molar-refractivity contribution in [1.82, 2.24) is 9.13 Å². The van der Waals surface area contributed by atoms with E-state index in [2.05, 4.69) is 203 Å². The van der Waals surface area contributed by atoms with Crippen molar-refractivity contribution in [2.45, 2.75) is 18.3 Å². The number of aromatic nitrogens is 2. The van der Waals surface area contributed by atoms with Crippen molar-refractivity contribution in [2.75, 3.05) is 0 Å². The topological polar surface area (TPSA) is 9.86 Å². The van der Waals surface area contributed by atoms with Gasteiger partial charge in [0.2, 0.25) is 0 Å². The summed E-state index contributed by atoms with van der Waals surface area (Å²) < 4.78 is 4.96. The Labute approximate surface area is 330 Å². The van der Waals surface area contributed by atoms with Gasteiger partial charge in [-0.3, -0.25) is 0 Å². The Bertz CT molecular complexity index is 3450. The van der Waals surface area contributed by atoms with E-state index >= 15 is 0 Å². The van der Waals surface area contributed by atoms with Gasteiger partial charge < -0.3 is 9.13 Å². The highest BCUT2D eigenvalue weighted by Crippen LogP contribution is 2.63. The molecule has 0 radical (unpaired) electrons. The van der Waals surface area contributed by atoms with Gasteiger partial charge in [-0.25, -0.2) is 0 Å². The molecule has 0 amide bonds. The highest BCUT2D eigenvalue weighted by atomic mass is 15.0. The first-order chi connectivity index (χ1) is 28.3. The Morgan fingerprint density at radius 3 is 1.68 bits per heavy atom. The van der Waals surface area contributed by atoms with E-state index in [9.17, 15) is 0 Å². The number of hydrogen-bond acceptors (Lipinski definition) is 0. The fraction of sp³-hybridized carbons (Fsp3) is 0.0545. The third kappa shape index (κ3) is 4.53. The zero-order valence-corrected chi connectivity index (χ0v) is 31.2. The lowest BCUT2D eigenvalue weighted by Crippen LogP contribution is -2.05. The molecule has 1 fully saturated rings. The van der Waals surface area contributed by atoms with E-state index in [0.29, 0.717) is 11.8 Å². The van der Waals surface area contributed by atoms with Crippen LogP contribution in [0.3, 0.4) is 0 Å². The molecular formula is C55H36N2. The summed E-state index contributed by atoms with van der Waals surface area (Å²) in [5.74, 6) is 1.21. The van der Waals surface area contributed by atoms with Gasteiger partial charge in [0.25, 0.3) is 0 Å². The molecule has 2 heterocycles. The van der Waals surface area contributed by atoms with Crippen LogP contribution in [0.1, 0.15) is 29.4 Å². The molecule has 0 aliphatic heterocycles. The van der Waals surface area contributed by atoms with Crippen molar-refractivity contribution in [3.8, 4) is 44.8 Å². The largest absolute Gasteiger partial charge is 0.309 e. The standard InChI is InChI=1S/C55H36N2/c1-2-11-36-30-37(21-20-34(36)10-1)35-22-26-40(27-23-35)56-50-17-7-5-14-43(50)47-31-38(24-28-52(47)56)39-25-29-53-48(32-39)44-15-6-8-18-51(44)57(53)54-19-9-16-45-41-12-3-4-13-42(41)46-33-49(46)55(45)54/h1-32,46,49H,33H2. The van der Waals surface area contributed by atoms with Gasteiger partial charge in [0.1, 0.15) is 0 Å². The fourth-order valence-corrected chi connectivity index (χ4v) is 10.3. The average molecular weight is 725 g/mol. The molecule has 13 rings (SSSR count). The lowest BCUT2D eigenvalue weighted by molar-refractivity contribution is 0.980. The van der Waals surface area contributed by atoms with E-state index in [4.69, 9.17) is 0 Å². The number of para-hydroxylation sites is 2. The van der Waals surface area contributed by atoms with E-state index < -0.39 is 0 Å². The van der Waals surface area contributed by atoms with Crippen LogP contribution in [0.5, 0.6) is 0 Å². The molecule has 57 heavy (non-hydrogen) atoms. The Kier molecular flexibility index (Phi) is 6.37. The maximum absolute atomic E-state index is 2.54. The monoisotopic (exact) mass is 724 g/mol. The molecule has 0 N–H and O–H groups in total. The molecule has 2 aliphatic rings. The van der Waals surface area contributed by atoms with Crippen molar-refractivity contribution in [1.29, 1.82) is 0 Å². The minimum absolute atomic E-state index is 0.581. The predicted molar refractivity (Wildman–Crippen MR) is 239 cm³/mol. The maximum atomic E-state index is 2.54. The first kappa shape index (κ1) is 31.1. The van der Waals surface area contributed by atoms with E-state index in [1.807, 2.05) is 0 Å². The normalized spacial score (nSPS) is 15.6. The predicted octanol–water partition coefficient (Wildman–Crippen LogP) is 14.6. The van der Waals surface area contributed by atoms with Crippen LogP contribution >= 0.6 is 0 Å². The van der Waals surface area contributed by atoms with Gasteiger partial charge in [0.15, 0.2) is 0 Å². The van der Waals surface area contributed by atoms with Gasteiger partial charge in [-0.2, -0.15) is 0 Å². The zero-order chi connectivity index (χ0) is 37.2. The van der Waals surface area contributed by atoms with Crippen LogP contribution in [0.25, 0.3) is 99.1 Å². The molecule has 1 saturated carbocycles. The van der Waals surface area contributed by atoms with Crippen molar-refractivity contribution in [3.63, 3.8) is 0 Å². The summed E-state index contributed by atoms with van der Waals surface area (Å²) in [5, 5.41) is 7.64. The van der Waals surface area contributed by atoms with Crippen molar-refractivity contribution >= 4 is 54.4 Å². The summed E-state index contributed by atoms with van der Waals surface area (Å²) >= 11 is 0. The Balaban J connectivity index is 0.932. The van der Waals surface area contributed by atoms with Gasteiger partial charge in [0.05, 0.1) is 27.8 Å². The van der Waals surface area contributed by atoms with Crippen LogP contribution in [-0.2, 0) is 0 Å². The summed E-state index contributed by atoms with van der Waals surface area (Å²) in [7, 11) is 0. The Morgan fingerprint density at radius 1 is 0.351 bits per heavy atom. The first-order valence-corrected chi connectivity index (χ1v) is 20.2. The highest BCUT2D eigenvalue weighted by molar-refractivity contribution is 6.13. The summed E-state index contributed by atoms with van der Waals surface area (Å²) in [4.78, 5) is 0. The fourth-order valence-electron chi connectivity index (χ4n) is 10.3. The van der Waals surface area contributed by atoms with Crippen LogP contribution < -0.4 is 0 Å². The van der Waals surface area contributed by atoms with Crippen LogP contribution in [0, 0.1) is 0 Å². The lowest BCUT2D eigenvalue weighted by atomic mass is 9.85. The van der Waals surface area contributed by atoms with Gasteiger partial charge in [-0.05, 0) is 134 Å². The molecule has 2 aromatic heterocycles. The smallest absolute Gasteiger partial charge is 0.0541 e. The molecule has 2 unspecified atom stereocenters. The Morgan fingerprint density at radius 2 is 0.912 bits per heavy atom. The Hall–Kier alpha value is -7.16.